The van der Waals surface area contributed by atoms with Gasteiger partial charge in [-0.05, 0) is 49.9 Å². The third-order valence-electron chi connectivity index (χ3n) is 4.03. The SMILES string of the molecule is CC(NCC1CCCC1C(=O)O)c1ccc(Br)cc1. The number of rotatable bonds is 5. The summed E-state index contributed by atoms with van der Waals surface area (Å²) < 4.78 is 1.07. The molecule has 1 aliphatic carbocycles. The molecule has 3 nitrogen and oxygen atoms in total. The molecule has 1 aromatic carbocycles. The van der Waals surface area contributed by atoms with Gasteiger partial charge in [-0.2, -0.15) is 0 Å². The van der Waals surface area contributed by atoms with Crippen molar-refractivity contribution in [3.8, 4) is 0 Å². The maximum absolute atomic E-state index is 11.1. The second-order valence-corrected chi connectivity index (χ2v) is 6.23. The van der Waals surface area contributed by atoms with Gasteiger partial charge in [0.25, 0.3) is 0 Å². The number of hydrogen-bond acceptors (Lipinski definition) is 2. The average Bonchev–Trinajstić information content (AvgIpc) is 2.85. The first-order valence-corrected chi connectivity index (χ1v) is 7.59. The van der Waals surface area contributed by atoms with Crippen LogP contribution in [-0.4, -0.2) is 17.6 Å². The van der Waals surface area contributed by atoms with Crippen molar-refractivity contribution < 1.29 is 9.90 Å². The molecule has 0 aliphatic heterocycles. The number of halogens is 1. The van der Waals surface area contributed by atoms with Crippen LogP contribution in [-0.2, 0) is 4.79 Å². The molecule has 2 N–H and O–H groups in total. The van der Waals surface area contributed by atoms with Gasteiger partial charge in [0.1, 0.15) is 0 Å². The van der Waals surface area contributed by atoms with E-state index in [2.05, 4.69) is 40.3 Å². The third-order valence-corrected chi connectivity index (χ3v) is 4.56. The van der Waals surface area contributed by atoms with Crippen LogP contribution in [0.5, 0.6) is 0 Å². The van der Waals surface area contributed by atoms with Crippen molar-refractivity contribution in [2.75, 3.05) is 6.54 Å². The molecule has 1 saturated carbocycles. The molecule has 3 unspecified atom stereocenters. The molecular formula is C15H20BrNO2. The standard InChI is InChI=1S/C15H20BrNO2/c1-10(11-5-7-13(16)8-6-11)17-9-12-3-2-4-14(12)15(18)19/h5-8,10,12,14,17H,2-4,9H2,1H3,(H,18,19). The number of benzene rings is 1. The average molecular weight is 326 g/mol. The summed E-state index contributed by atoms with van der Waals surface area (Å²) in [4.78, 5) is 11.1. The van der Waals surface area contributed by atoms with Crippen LogP contribution in [0.1, 0.15) is 37.8 Å². The maximum Gasteiger partial charge on any atom is 0.306 e. The van der Waals surface area contributed by atoms with Gasteiger partial charge in [-0.15, -0.1) is 0 Å². The summed E-state index contributed by atoms with van der Waals surface area (Å²) in [6.07, 6.45) is 2.89. The Bertz CT molecular complexity index is 432. The Hall–Kier alpha value is -0.870. The number of nitrogens with one attached hydrogen (secondary N) is 1. The van der Waals surface area contributed by atoms with E-state index in [0.29, 0.717) is 0 Å². The molecule has 0 spiro atoms. The molecule has 0 radical (unpaired) electrons. The predicted octanol–water partition coefficient (Wildman–Crippen LogP) is 3.60. The first kappa shape index (κ1) is 14.5. The normalized spacial score (nSPS) is 24.3. The fourth-order valence-electron chi connectivity index (χ4n) is 2.80. The zero-order valence-corrected chi connectivity index (χ0v) is 12.7. The molecule has 1 aromatic rings. The molecule has 3 atom stereocenters. The largest absolute Gasteiger partial charge is 0.481 e. The lowest BCUT2D eigenvalue weighted by atomic mass is 9.95. The zero-order chi connectivity index (χ0) is 13.8. The lowest BCUT2D eigenvalue weighted by Crippen LogP contribution is -2.30. The molecule has 0 aromatic heterocycles. The van der Waals surface area contributed by atoms with E-state index in [1.165, 1.54) is 5.56 Å². The van der Waals surface area contributed by atoms with Crippen molar-refractivity contribution in [2.24, 2.45) is 11.8 Å². The molecular weight excluding hydrogens is 306 g/mol. The second-order valence-electron chi connectivity index (χ2n) is 5.32. The highest BCUT2D eigenvalue weighted by atomic mass is 79.9. The summed E-state index contributed by atoms with van der Waals surface area (Å²) in [5, 5.41) is 12.6. The highest BCUT2D eigenvalue weighted by Crippen LogP contribution is 2.31. The van der Waals surface area contributed by atoms with Crippen LogP contribution in [0, 0.1) is 11.8 Å². The van der Waals surface area contributed by atoms with Crippen molar-refractivity contribution in [3.63, 3.8) is 0 Å². The van der Waals surface area contributed by atoms with Gasteiger partial charge in [-0.25, -0.2) is 0 Å². The van der Waals surface area contributed by atoms with E-state index < -0.39 is 5.97 Å². The van der Waals surface area contributed by atoms with Crippen molar-refractivity contribution in [2.45, 2.75) is 32.2 Å². The smallest absolute Gasteiger partial charge is 0.306 e. The van der Waals surface area contributed by atoms with Gasteiger partial charge in [-0.1, -0.05) is 34.5 Å². The fraction of sp³-hybridized carbons (Fsp3) is 0.533. The molecule has 0 saturated heterocycles. The molecule has 0 amide bonds. The summed E-state index contributed by atoms with van der Waals surface area (Å²) in [5.74, 6) is -0.527. The molecule has 1 fully saturated rings. The first-order valence-electron chi connectivity index (χ1n) is 6.79. The van der Waals surface area contributed by atoms with Gasteiger partial charge in [0, 0.05) is 10.5 Å². The van der Waals surface area contributed by atoms with Crippen LogP contribution in [0.15, 0.2) is 28.7 Å². The van der Waals surface area contributed by atoms with Crippen LogP contribution in [0.25, 0.3) is 0 Å². The summed E-state index contributed by atoms with van der Waals surface area (Å²) in [6, 6.07) is 8.49. The van der Waals surface area contributed by atoms with E-state index in [1.807, 2.05) is 12.1 Å². The van der Waals surface area contributed by atoms with Crippen molar-refractivity contribution in [1.29, 1.82) is 0 Å². The van der Waals surface area contributed by atoms with Crippen molar-refractivity contribution in [1.82, 2.24) is 5.32 Å². The van der Waals surface area contributed by atoms with Gasteiger partial charge in [0.15, 0.2) is 0 Å². The third kappa shape index (κ3) is 3.80. The Morgan fingerprint density at radius 2 is 2.11 bits per heavy atom. The minimum Gasteiger partial charge on any atom is -0.481 e. The number of aliphatic carboxylic acids is 1. The van der Waals surface area contributed by atoms with E-state index in [1.54, 1.807) is 0 Å². The Kier molecular flexibility index (Phi) is 4.99. The lowest BCUT2D eigenvalue weighted by Gasteiger charge is -2.20. The fourth-order valence-corrected chi connectivity index (χ4v) is 3.07. The highest BCUT2D eigenvalue weighted by Gasteiger charge is 2.32. The number of carboxylic acid groups (broad SMARTS) is 1. The molecule has 19 heavy (non-hydrogen) atoms. The topological polar surface area (TPSA) is 49.3 Å². The zero-order valence-electron chi connectivity index (χ0n) is 11.1. The summed E-state index contributed by atoms with van der Waals surface area (Å²) >= 11 is 3.43. The van der Waals surface area contributed by atoms with Crippen LogP contribution in [0.4, 0.5) is 0 Å². The van der Waals surface area contributed by atoms with E-state index in [9.17, 15) is 4.79 Å². The van der Waals surface area contributed by atoms with E-state index in [-0.39, 0.29) is 17.9 Å². The number of hydrogen-bond donors (Lipinski definition) is 2. The quantitative estimate of drug-likeness (QED) is 0.869. The minimum atomic E-state index is -0.638. The van der Waals surface area contributed by atoms with Crippen LogP contribution < -0.4 is 5.32 Å². The monoisotopic (exact) mass is 325 g/mol. The van der Waals surface area contributed by atoms with Crippen molar-refractivity contribution in [3.05, 3.63) is 34.3 Å². The van der Waals surface area contributed by atoms with Gasteiger partial charge >= 0.3 is 5.97 Å². The molecule has 4 heteroatoms. The van der Waals surface area contributed by atoms with Gasteiger partial charge in [0.05, 0.1) is 5.92 Å². The summed E-state index contributed by atoms with van der Waals surface area (Å²) in [5.41, 5.74) is 1.23. The summed E-state index contributed by atoms with van der Waals surface area (Å²) in [6.45, 7) is 2.90. The lowest BCUT2D eigenvalue weighted by molar-refractivity contribution is -0.142. The summed E-state index contributed by atoms with van der Waals surface area (Å²) in [7, 11) is 0. The van der Waals surface area contributed by atoms with Gasteiger partial charge < -0.3 is 10.4 Å². The maximum atomic E-state index is 11.1. The molecule has 1 aliphatic rings. The Morgan fingerprint density at radius 3 is 2.74 bits per heavy atom. The Morgan fingerprint density at radius 1 is 1.42 bits per heavy atom. The van der Waals surface area contributed by atoms with E-state index >= 15 is 0 Å². The van der Waals surface area contributed by atoms with Crippen LogP contribution in [0.3, 0.4) is 0 Å². The highest BCUT2D eigenvalue weighted by molar-refractivity contribution is 9.10. The molecule has 0 heterocycles. The van der Waals surface area contributed by atoms with Crippen molar-refractivity contribution >= 4 is 21.9 Å². The first-order chi connectivity index (χ1) is 9.08. The molecule has 0 bridgehead atoms. The van der Waals surface area contributed by atoms with E-state index in [4.69, 9.17) is 5.11 Å². The van der Waals surface area contributed by atoms with Gasteiger partial charge in [0.2, 0.25) is 0 Å². The Balaban J connectivity index is 1.88. The molecule has 104 valence electrons. The second kappa shape index (κ2) is 6.53. The van der Waals surface area contributed by atoms with E-state index in [0.717, 1.165) is 30.3 Å². The molecule has 2 rings (SSSR count). The van der Waals surface area contributed by atoms with Gasteiger partial charge in [-0.3, -0.25) is 4.79 Å². The predicted molar refractivity (Wildman–Crippen MR) is 79.0 cm³/mol. The minimum absolute atomic E-state index is 0.162. The number of carbonyl (C=O) groups is 1. The Labute approximate surface area is 122 Å². The van der Waals surface area contributed by atoms with Crippen LogP contribution in [0.2, 0.25) is 0 Å². The number of carboxylic acids is 1. The van der Waals surface area contributed by atoms with Crippen LogP contribution >= 0.6 is 15.9 Å².